The Balaban J connectivity index is 1.81. The second kappa shape index (κ2) is 8.57. The molecule has 4 atom stereocenters. The minimum Gasteiger partial charge on any atom is -0.394 e. The highest BCUT2D eigenvalue weighted by Gasteiger charge is 2.44. The van der Waals surface area contributed by atoms with Gasteiger partial charge in [0, 0.05) is 6.21 Å². The van der Waals surface area contributed by atoms with Crippen LogP contribution < -0.4 is 11.2 Å². The van der Waals surface area contributed by atoms with Crippen LogP contribution in [0.15, 0.2) is 11.4 Å². The molecular formula is C16H25N7O4. The van der Waals surface area contributed by atoms with Crippen molar-refractivity contribution in [3.8, 4) is 0 Å². The van der Waals surface area contributed by atoms with Crippen LogP contribution in [0.2, 0.25) is 0 Å². The van der Waals surface area contributed by atoms with E-state index in [1.54, 1.807) is 6.21 Å². The third kappa shape index (κ3) is 4.00. The SMILES string of the molecule is CCCCCC=NNc1nc(N)c2ncn([C@@H]3O[C@H](CO)[C@@H](O)[C@H]3O)c2n1. The van der Waals surface area contributed by atoms with E-state index in [0.717, 1.165) is 25.7 Å². The normalized spacial score (nSPS) is 25.6. The van der Waals surface area contributed by atoms with Gasteiger partial charge in [0.2, 0.25) is 5.95 Å². The Morgan fingerprint density at radius 3 is 2.85 bits per heavy atom. The molecule has 6 N–H and O–H groups in total. The highest BCUT2D eigenvalue weighted by molar-refractivity contribution is 5.83. The lowest BCUT2D eigenvalue weighted by molar-refractivity contribution is -0.0511. The number of ether oxygens (including phenoxy) is 1. The number of anilines is 2. The molecule has 1 saturated heterocycles. The highest BCUT2D eigenvalue weighted by atomic mass is 16.6. The Labute approximate surface area is 155 Å². The maximum absolute atomic E-state index is 10.2. The summed E-state index contributed by atoms with van der Waals surface area (Å²) in [5, 5.41) is 33.5. The van der Waals surface area contributed by atoms with E-state index in [2.05, 4.69) is 32.4 Å². The van der Waals surface area contributed by atoms with E-state index in [0.29, 0.717) is 11.2 Å². The summed E-state index contributed by atoms with van der Waals surface area (Å²) in [6, 6.07) is 0. The average molecular weight is 379 g/mol. The predicted molar refractivity (Wildman–Crippen MR) is 99.0 cm³/mol. The van der Waals surface area contributed by atoms with Crippen LogP contribution in [0.4, 0.5) is 11.8 Å². The van der Waals surface area contributed by atoms with E-state index < -0.39 is 31.1 Å². The number of fused-ring (bicyclic) bond motifs is 1. The van der Waals surface area contributed by atoms with Gasteiger partial charge in [-0.3, -0.25) is 4.57 Å². The summed E-state index contributed by atoms with van der Waals surface area (Å²) in [5.41, 5.74) is 9.34. The summed E-state index contributed by atoms with van der Waals surface area (Å²) in [6.45, 7) is 1.72. The Morgan fingerprint density at radius 1 is 1.33 bits per heavy atom. The molecule has 1 aliphatic rings. The van der Waals surface area contributed by atoms with Crippen molar-refractivity contribution in [1.29, 1.82) is 0 Å². The van der Waals surface area contributed by atoms with Crippen LogP contribution in [0, 0.1) is 0 Å². The zero-order valence-electron chi connectivity index (χ0n) is 15.1. The van der Waals surface area contributed by atoms with Gasteiger partial charge in [-0.1, -0.05) is 19.8 Å². The van der Waals surface area contributed by atoms with E-state index in [-0.39, 0.29) is 11.8 Å². The Hall–Kier alpha value is -2.34. The first-order valence-corrected chi connectivity index (χ1v) is 8.96. The van der Waals surface area contributed by atoms with Crippen molar-refractivity contribution in [3.05, 3.63) is 6.33 Å². The number of hydrazone groups is 1. The molecule has 2 aromatic heterocycles. The summed E-state index contributed by atoms with van der Waals surface area (Å²) < 4.78 is 6.98. The first-order valence-electron chi connectivity index (χ1n) is 8.96. The van der Waals surface area contributed by atoms with E-state index in [1.807, 2.05) is 0 Å². The van der Waals surface area contributed by atoms with Gasteiger partial charge >= 0.3 is 0 Å². The fraction of sp³-hybridized carbons (Fsp3) is 0.625. The summed E-state index contributed by atoms with van der Waals surface area (Å²) in [5.74, 6) is 0.328. The van der Waals surface area contributed by atoms with Gasteiger partial charge in [0.05, 0.1) is 12.9 Å². The van der Waals surface area contributed by atoms with Crippen LogP contribution >= 0.6 is 0 Å². The minimum atomic E-state index is -1.25. The second-order valence-corrected chi connectivity index (χ2v) is 6.40. The molecule has 11 nitrogen and oxygen atoms in total. The largest absolute Gasteiger partial charge is 0.394 e. The number of rotatable bonds is 8. The summed E-state index contributed by atoms with van der Waals surface area (Å²) in [6.07, 6.45) is 3.02. The number of aliphatic hydroxyl groups is 3. The Kier molecular flexibility index (Phi) is 6.16. The van der Waals surface area contributed by atoms with E-state index in [9.17, 15) is 15.3 Å². The molecule has 0 bridgehead atoms. The number of aliphatic hydroxyl groups excluding tert-OH is 3. The molecule has 148 valence electrons. The molecule has 0 spiro atoms. The Morgan fingerprint density at radius 2 is 2.15 bits per heavy atom. The lowest BCUT2D eigenvalue weighted by Gasteiger charge is -2.16. The van der Waals surface area contributed by atoms with Crippen molar-refractivity contribution in [2.24, 2.45) is 5.10 Å². The van der Waals surface area contributed by atoms with Gasteiger partial charge in [-0.05, 0) is 12.8 Å². The molecular weight excluding hydrogens is 354 g/mol. The molecule has 0 aromatic carbocycles. The molecule has 2 aromatic rings. The summed E-state index contributed by atoms with van der Waals surface area (Å²) >= 11 is 0. The molecule has 1 fully saturated rings. The van der Waals surface area contributed by atoms with E-state index in [1.165, 1.54) is 10.9 Å². The van der Waals surface area contributed by atoms with Crippen LogP contribution in [-0.2, 0) is 4.74 Å². The zero-order valence-corrected chi connectivity index (χ0v) is 15.1. The van der Waals surface area contributed by atoms with Crippen LogP contribution in [0.5, 0.6) is 0 Å². The molecule has 0 amide bonds. The topological polar surface area (TPSA) is 164 Å². The number of aromatic nitrogens is 4. The van der Waals surface area contributed by atoms with Crippen molar-refractivity contribution in [1.82, 2.24) is 19.5 Å². The quantitative estimate of drug-likeness (QED) is 0.241. The first-order chi connectivity index (χ1) is 13.1. The van der Waals surface area contributed by atoms with Crippen molar-refractivity contribution in [3.63, 3.8) is 0 Å². The van der Waals surface area contributed by atoms with Crippen molar-refractivity contribution in [2.45, 2.75) is 57.1 Å². The number of nitrogen functional groups attached to an aromatic ring is 1. The highest BCUT2D eigenvalue weighted by Crippen LogP contribution is 2.32. The molecule has 3 rings (SSSR count). The third-order valence-electron chi connectivity index (χ3n) is 4.43. The van der Waals surface area contributed by atoms with Crippen LogP contribution in [-0.4, -0.2) is 66.0 Å². The Bertz CT molecular complexity index is 796. The molecule has 11 heteroatoms. The van der Waals surface area contributed by atoms with Crippen molar-refractivity contribution < 1.29 is 20.1 Å². The first kappa shape index (κ1) is 19.4. The molecule has 3 heterocycles. The molecule has 0 unspecified atom stereocenters. The fourth-order valence-electron chi connectivity index (χ4n) is 2.94. The lowest BCUT2D eigenvalue weighted by Crippen LogP contribution is -2.33. The molecule has 1 aliphatic heterocycles. The lowest BCUT2D eigenvalue weighted by atomic mass is 10.1. The molecule has 0 saturated carbocycles. The maximum atomic E-state index is 10.2. The van der Waals surface area contributed by atoms with Gasteiger partial charge in [0.1, 0.15) is 23.8 Å². The second-order valence-electron chi connectivity index (χ2n) is 6.40. The average Bonchev–Trinajstić information content (AvgIpc) is 3.20. The number of nitrogens with one attached hydrogen (secondary N) is 1. The van der Waals surface area contributed by atoms with Crippen LogP contribution in [0.3, 0.4) is 0 Å². The van der Waals surface area contributed by atoms with Crippen molar-refractivity contribution >= 4 is 29.1 Å². The van der Waals surface area contributed by atoms with Gasteiger partial charge in [0.15, 0.2) is 17.7 Å². The zero-order chi connectivity index (χ0) is 19.4. The monoisotopic (exact) mass is 379 g/mol. The number of hydrogen-bond acceptors (Lipinski definition) is 10. The van der Waals surface area contributed by atoms with Crippen LogP contribution in [0.25, 0.3) is 11.2 Å². The molecule has 27 heavy (non-hydrogen) atoms. The van der Waals surface area contributed by atoms with Crippen LogP contribution in [0.1, 0.15) is 38.8 Å². The number of unbranched alkanes of at least 4 members (excludes halogenated alkanes) is 3. The van der Waals surface area contributed by atoms with Gasteiger partial charge < -0.3 is 25.8 Å². The predicted octanol–water partition coefficient (Wildman–Crippen LogP) is -0.00200. The number of nitrogens with zero attached hydrogens (tertiary/aromatic N) is 5. The standard InChI is InChI=1S/C16H25N7O4/c1-2-3-4-5-6-19-22-16-20-13(17)10-14(21-16)23(8-18-10)15-12(26)11(25)9(7-24)27-15/h6,8-9,11-12,15,24-26H,2-5,7H2,1H3,(H3,17,20,21,22)/t9-,11-,12-,15-/m1/s1. The molecule has 0 aliphatic carbocycles. The van der Waals surface area contributed by atoms with Crippen molar-refractivity contribution in [2.75, 3.05) is 17.8 Å². The summed E-state index contributed by atoms with van der Waals surface area (Å²) in [4.78, 5) is 12.6. The van der Waals surface area contributed by atoms with Gasteiger partial charge in [0.25, 0.3) is 0 Å². The smallest absolute Gasteiger partial charge is 0.247 e. The number of nitrogens with two attached hydrogens (primary N) is 1. The summed E-state index contributed by atoms with van der Waals surface area (Å²) in [7, 11) is 0. The number of imidazole rings is 1. The minimum absolute atomic E-state index is 0.147. The van der Waals surface area contributed by atoms with Gasteiger partial charge in [-0.25, -0.2) is 10.4 Å². The van der Waals surface area contributed by atoms with Gasteiger partial charge in [-0.15, -0.1) is 0 Å². The molecule has 0 radical (unpaired) electrons. The number of hydrogen-bond donors (Lipinski definition) is 5. The van der Waals surface area contributed by atoms with E-state index in [4.69, 9.17) is 10.5 Å². The fourth-order valence-corrected chi connectivity index (χ4v) is 2.94. The van der Waals surface area contributed by atoms with E-state index >= 15 is 0 Å². The third-order valence-corrected chi connectivity index (χ3v) is 4.43. The van der Waals surface area contributed by atoms with Gasteiger partial charge in [-0.2, -0.15) is 15.1 Å². The maximum Gasteiger partial charge on any atom is 0.247 e.